The molecule has 1 aliphatic rings. The third kappa shape index (κ3) is 5.03. The maximum atomic E-state index is 13.0. The number of carbonyl (C=O) groups is 2. The third-order valence-corrected chi connectivity index (χ3v) is 4.72. The van der Waals surface area contributed by atoms with Crippen LogP contribution in [0.5, 0.6) is 5.75 Å². The van der Waals surface area contributed by atoms with Crippen LogP contribution in [0.2, 0.25) is 0 Å². The lowest BCUT2D eigenvalue weighted by Gasteiger charge is -2.21. The van der Waals surface area contributed by atoms with Crippen molar-refractivity contribution in [3.05, 3.63) is 63.6 Å². The number of alkyl carbamates (subject to hydrolysis) is 1. The molecule has 0 aliphatic carbocycles. The van der Waals surface area contributed by atoms with Crippen LogP contribution in [-0.4, -0.2) is 36.5 Å². The molecule has 6 nitrogen and oxygen atoms in total. The number of rotatable bonds is 3. The maximum absolute atomic E-state index is 13.0. The highest BCUT2D eigenvalue weighted by Crippen LogP contribution is 2.32. The zero-order valence-electron chi connectivity index (χ0n) is 16.8. The Morgan fingerprint density at radius 2 is 1.90 bits per heavy atom. The number of halogens is 1. The second-order valence-corrected chi connectivity index (χ2v) is 8.59. The van der Waals surface area contributed by atoms with Crippen molar-refractivity contribution in [1.29, 1.82) is 0 Å². The highest BCUT2D eigenvalue weighted by atomic mass is 79.9. The molecule has 0 bridgehead atoms. The number of nitrogens with one attached hydrogen (secondary N) is 1. The average Bonchev–Trinajstić information content (AvgIpc) is 2.77. The number of hydrogen-bond acceptors (Lipinski definition) is 5. The van der Waals surface area contributed by atoms with Gasteiger partial charge in [-0.25, -0.2) is 4.79 Å². The van der Waals surface area contributed by atoms with E-state index in [0.717, 1.165) is 21.2 Å². The summed E-state index contributed by atoms with van der Waals surface area (Å²) in [6, 6.07) is 13.3. The Morgan fingerprint density at radius 3 is 2.52 bits per heavy atom. The number of nitrogens with zero attached hydrogens (tertiary/aromatic N) is 1. The predicted molar refractivity (Wildman–Crippen MR) is 115 cm³/mol. The number of ether oxygens (including phenoxy) is 2. The normalized spacial score (nSPS) is 16.4. The number of hydrogen-bond donors (Lipinski definition) is 1. The smallest absolute Gasteiger partial charge is 0.409 e. The second-order valence-electron chi connectivity index (χ2n) is 7.67. The van der Waals surface area contributed by atoms with Gasteiger partial charge >= 0.3 is 6.09 Å². The van der Waals surface area contributed by atoms with Crippen LogP contribution in [0.15, 0.2) is 51.9 Å². The van der Waals surface area contributed by atoms with Gasteiger partial charge in [0.15, 0.2) is 11.9 Å². The summed E-state index contributed by atoms with van der Waals surface area (Å²) >= 11 is 3.50. The van der Waals surface area contributed by atoms with Crippen LogP contribution in [-0.2, 0) is 16.0 Å². The standard InChI is InChI=1S/C22H23BrN2O4/c1-22(2,3)29-21(27)25-20-17(26)12-15-16(10-14(23)11-18(15)28-4)19(24-20)13-8-6-5-7-9-13/h5-11,20H,12H2,1-4H3,(H,25,27). The number of fused-ring (bicyclic) bond motifs is 1. The minimum atomic E-state index is -1.06. The molecule has 29 heavy (non-hydrogen) atoms. The quantitative estimate of drug-likeness (QED) is 0.744. The first-order valence-electron chi connectivity index (χ1n) is 9.20. The van der Waals surface area contributed by atoms with Crippen molar-refractivity contribution in [3.8, 4) is 5.75 Å². The lowest BCUT2D eigenvalue weighted by molar-refractivity contribution is -0.120. The molecule has 1 heterocycles. The molecule has 7 heteroatoms. The number of amides is 1. The van der Waals surface area contributed by atoms with Gasteiger partial charge in [-0.15, -0.1) is 0 Å². The Bertz CT molecular complexity index is 965. The van der Waals surface area contributed by atoms with Crippen molar-refractivity contribution < 1.29 is 19.1 Å². The average molecular weight is 459 g/mol. The molecule has 152 valence electrons. The molecule has 1 unspecified atom stereocenters. The molecule has 0 saturated carbocycles. The highest BCUT2D eigenvalue weighted by molar-refractivity contribution is 9.10. The molecular weight excluding hydrogens is 436 g/mol. The first-order chi connectivity index (χ1) is 13.7. The lowest BCUT2D eigenvalue weighted by Crippen LogP contribution is -2.43. The van der Waals surface area contributed by atoms with E-state index in [4.69, 9.17) is 9.47 Å². The molecule has 0 radical (unpaired) electrons. The van der Waals surface area contributed by atoms with Gasteiger partial charge in [-0.3, -0.25) is 15.1 Å². The fourth-order valence-electron chi connectivity index (χ4n) is 3.09. The van der Waals surface area contributed by atoms with E-state index >= 15 is 0 Å². The molecule has 0 fully saturated rings. The molecule has 1 atom stereocenters. The number of methoxy groups -OCH3 is 1. The zero-order valence-corrected chi connectivity index (χ0v) is 18.4. The molecule has 1 aliphatic heterocycles. The van der Waals surface area contributed by atoms with E-state index < -0.39 is 17.9 Å². The van der Waals surface area contributed by atoms with Gasteiger partial charge in [0.2, 0.25) is 0 Å². The van der Waals surface area contributed by atoms with Gasteiger partial charge < -0.3 is 9.47 Å². The number of Topliss-reactive ketones (excluding diaryl/α,β-unsaturated/α-hetero) is 1. The van der Waals surface area contributed by atoms with Gasteiger partial charge in [0, 0.05) is 27.6 Å². The van der Waals surface area contributed by atoms with E-state index in [-0.39, 0.29) is 12.2 Å². The summed E-state index contributed by atoms with van der Waals surface area (Å²) in [5, 5.41) is 2.60. The van der Waals surface area contributed by atoms with E-state index in [0.29, 0.717) is 11.5 Å². The molecule has 0 aromatic heterocycles. The van der Waals surface area contributed by atoms with E-state index in [1.54, 1.807) is 27.9 Å². The van der Waals surface area contributed by atoms with Crippen molar-refractivity contribution in [1.82, 2.24) is 5.32 Å². The van der Waals surface area contributed by atoms with Crippen molar-refractivity contribution in [3.63, 3.8) is 0 Å². The molecule has 2 aromatic carbocycles. The van der Waals surface area contributed by atoms with Gasteiger partial charge in [-0.1, -0.05) is 46.3 Å². The highest BCUT2D eigenvalue weighted by Gasteiger charge is 2.30. The van der Waals surface area contributed by atoms with Crippen LogP contribution in [0.1, 0.15) is 37.5 Å². The van der Waals surface area contributed by atoms with Crippen LogP contribution in [0, 0.1) is 0 Å². The minimum absolute atomic E-state index is 0.0755. The summed E-state index contributed by atoms with van der Waals surface area (Å²) in [7, 11) is 1.56. The van der Waals surface area contributed by atoms with Gasteiger partial charge in [0.05, 0.1) is 12.8 Å². The molecule has 2 aromatic rings. The SMILES string of the molecule is COc1cc(Br)cc2c1CC(=O)C(NC(=O)OC(C)(C)C)N=C2c1ccccc1. The minimum Gasteiger partial charge on any atom is -0.496 e. The topological polar surface area (TPSA) is 77.0 Å². The Balaban J connectivity index is 2.10. The number of ketones is 1. The number of benzene rings is 2. The van der Waals surface area contributed by atoms with Crippen LogP contribution < -0.4 is 10.1 Å². The van der Waals surface area contributed by atoms with Crippen molar-refractivity contribution in [2.45, 2.75) is 39.0 Å². The second kappa shape index (κ2) is 8.37. The van der Waals surface area contributed by atoms with Crippen LogP contribution in [0.3, 0.4) is 0 Å². The number of aliphatic imine (C=N–C) groups is 1. The maximum Gasteiger partial charge on any atom is 0.409 e. The van der Waals surface area contributed by atoms with Crippen molar-refractivity contribution in [2.24, 2.45) is 4.99 Å². The zero-order chi connectivity index (χ0) is 21.2. The Morgan fingerprint density at radius 1 is 1.21 bits per heavy atom. The summed E-state index contributed by atoms with van der Waals surface area (Å²) in [5.41, 5.74) is 2.27. The van der Waals surface area contributed by atoms with Crippen molar-refractivity contribution in [2.75, 3.05) is 7.11 Å². The number of carbonyl (C=O) groups excluding carboxylic acids is 2. The fraction of sp³-hybridized carbons (Fsp3) is 0.318. The van der Waals surface area contributed by atoms with E-state index in [1.165, 1.54) is 0 Å². The van der Waals surface area contributed by atoms with Gasteiger partial charge in [0.25, 0.3) is 0 Å². The van der Waals surface area contributed by atoms with Gasteiger partial charge in [-0.05, 0) is 32.9 Å². The first kappa shape index (κ1) is 21.0. The first-order valence-corrected chi connectivity index (χ1v) is 9.99. The Hall–Kier alpha value is -2.67. The summed E-state index contributed by atoms with van der Waals surface area (Å²) in [6.07, 6.45) is -1.67. The van der Waals surface area contributed by atoms with Crippen LogP contribution in [0.25, 0.3) is 0 Å². The van der Waals surface area contributed by atoms with Crippen LogP contribution >= 0.6 is 15.9 Å². The van der Waals surface area contributed by atoms with E-state index in [1.807, 2.05) is 42.5 Å². The summed E-state index contributed by atoms with van der Waals surface area (Å²) in [5.74, 6) is 0.341. The van der Waals surface area contributed by atoms with Gasteiger partial charge in [-0.2, -0.15) is 0 Å². The Kier molecular flexibility index (Phi) is 6.07. The Labute approximate surface area is 178 Å². The van der Waals surface area contributed by atoms with E-state index in [9.17, 15) is 9.59 Å². The van der Waals surface area contributed by atoms with Gasteiger partial charge in [0.1, 0.15) is 11.4 Å². The fourth-order valence-corrected chi connectivity index (χ4v) is 3.52. The summed E-state index contributed by atoms with van der Waals surface area (Å²) in [4.78, 5) is 29.9. The molecule has 3 rings (SSSR count). The lowest BCUT2D eigenvalue weighted by atomic mass is 9.95. The molecule has 0 spiro atoms. The molecule has 1 N–H and O–H groups in total. The predicted octanol–water partition coefficient (Wildman–Crippen LogP) is 4.27. The largest absolute Gasteiger partial charge is 0.496 e. The van der Waals surface area contributed by atoms with Crippen molar-refractivity contribution >= 4 is 33.5 Å². The molecule has 0 saturated heterocycles. The molecule has 1 amide bonds. The van der Waals surface area contributed by atoms with Crippen LogP contribution in [0.4, 0.5) is 4.79 Å². The summed E-state index contributed by atoms with van der Waals surface area (Å²) < 4.78 is 11.6. The summed E-state index contributed by atoms with van der Waals surface area (Å²) in [6.45, 7) is 5.29. The molecular formula is C22H23BrN2O4. The third-order valence-electron chi connectivity index (χ3n) is 4.26. The van der Waals surface area contributed by atoms with E-state index in [2.05, 4.69) is 26.2 Å². The monoisotopic (exact) mass is 458 g/mol.